The number of nitrogens with zero attached hydrogens (tertiary/aromatic N) is 2. The zero-order valence-corrected chi connectivity index (χ0v) is 19.9. The van der Waals surface area contributed by atoms with Crippen LogP contribution >= 0.6 is 27.7 Å². The van der Waals surface area contributed by atoms with E-state index in [2.05, 4.69) is 15.9 Å². The van der Waals surface area contributed by atoms with Crippen molar-refractivity contribution < 1.29 is 14.3 Å². The summed E-state index contributed by atoms with van der Waals surface area (Å²) in [4.78, 5) is 20.5. The fourth-order valence-corrected chi connectivity index (χ4v) is 4.81. The molecule has 2 aliphatic rings. The molecule has 32 heavy (non-hydrogen) atoms. The third-order valence-electron chi connectivity index (χ3n) is 5.14. The summed E-state index contributed by atoms with van der Waals surface area (Å²) in [6, 6.07) is 19.5. The van der Waals surface area contributed by atoms with E-state index < -0.39 is 0 Å². The standard InChI is InChI=1S/C25H19BrN2O3S/c1-15-3-7-18(8-4-15)27-25-28(19-9-5-16(2)6-10-19)24(29)23(32-25)12-17-11-21-22(13-20(17)26)31-14-30-21/h3-13H,14H2,1-2H3/b23-12+,27-25?. The summed E-state index contributed by atoms with van der Waals surface area (Å²) < 4.78 is 11.8. The SMILES string of the molecule is Cc1ccc(N=C2S/C(=C/c3cc4c(cc3Br)OCO4)C(=O)N2c2ccc(C)cc2)cc1. The van der Waals surface area contributed by atoms with Crippen LogP contribution in [0.2, 0.25) is 0 Å². The number of amidine groups is 1. The Morgan fingerprint density at radius 1 is 0.969 bits per heavy atom. The van der Waals surface area contributed by atoms with Gasteiger partial charge in [0.2, 0.25) is 6.79 Å². The van der Waals surface area contributed by atoms with Gasteiger partial charge in [0, 0.05) is 4.47 Å². The highest BCUT2D eigenvalue weighted by Crippen LogP contribution is 2.41. The third kappa shape index (κ3) is 4.06. The first-order valence-electron chi connectivity index (χ1n) is 10.0. The number of hydrogen-bond donors (Lipinski definition) is 0. The van der Waals surface area contributed by atoms with Crippen molar-refractivity contribution in [3.63, 3.8) is 0 Å². The Kier molecular flexibility index (Phi) is 5.53. The number of carbonyl (C=O) groups is 1. The molecule has 0 aromatic heterocycles. The van der Waals surface area contributed by atoms with Gasteiger partial charge in [0.05, 0.1) is 16.3 Å². The summed E-state index contributed by atoms with van der Waals surface area (Å²) in [6.07, 6.45) is 1.86. The molecule has 0 atom stereocenters. The highest BCUT2D eigenvalue weighted by Gasteiger charge is 2.35. The molecule has 1 amide bonds. The van der Waals surface area contributed by atoms with E-state index in [9.17, 15) is 4.79 Å². The molecule has 0 spiro atoms. The maximum atomic E-state index is 13.5. The van der Waals surface area contributed by atoms with Gasteiger partial charge >= 0.3 is 0 Å². The number of halogens is 1. The van der Waals surface area contributed by atoms with Crippen LogP contribution in [-0.2, 0) is 4.79 Å². The fourth-order valence-electron chi connectivity index (χ4n) is 3.38. The number of benzene rings is 3. The highest BCUT2D eigenvalue weighted by atomic mass is 79.9. The number of aryl methyl sites for hydroxylation is 2. The van der Waals surface area contributed by atoms with E-state index in [0.717, 1.165) is 32.5 Å². The van der Waals surface area contributed by atoms with Gasteiger partial charge in [-0.3, -0.25) is 9.69 Å². The summed E-state index contributed by atoms with van der Waals surface area (Å²) >= 11 is 4.93. The lowest BCUT2D eigenvalue weighted by molar-refractivity contribution is -0.113. The second-order valence-corrected chi connectivity index (χ2v) is 9.41. The summed E-state index contributed by atoms with van der Waals surface area (Å²) in [6.45, 7) is 4.26. The molecule has 3 aromatic rings. The molecule has 0 unspecified atom stereocenters. The summed E-state index contributed by atoms with van der Waals surface area (Å²) in [5, 5.41) is 0.617. The lowest BCUT2D eigenvalue weighted by Crippen LogP contribution is -2.28. The van der Waals surface area contributed by atoms with Gasteiger partial charge in [0.1, 0.15) is 0 Å². The van der Waals surface area contributed by atoms with Gasteiger partial charge in [-0.25, -0.2) is 4.99 Å². The zero-order chi connectivity index (χ0) is 22.2. The van der Waals surface area contributed by atoms with Crippen LogP contribution in [0.3, 0.4) is 0 Å². The molecule has 0 saturated carbocycles. The van der Waals surface area contributed by atoms with Crippen molar-refractivity contribution in [2.75, 3.05) is 11.7 Å². The second-order valence-electron chi connectivity index (χ2n) is 7.54. The topological polar surface area (TPSA) is 51.1 Å². The van der Waals surface area contributed by atoms with E-state index in [-0.39, 0.29) is 12.7 Å². The van der Waals surface area contributed by atoms with E-state index >= 15 is 0 Å². The smallest absolute Gasteiger partial charge is 0.271 e. The zero-order valence-electron chi connectivity index (χ0n) is 17.5. The van der Waals surface area contributed by atoms with Crippen LogP contribution in [0.15, 0.2) is 75.0 Å². The highest BCUT2D eigenvalue weighted by molar-refractivity contribution is 9.10. The first-order valence-corrected chi connectivity index (χ1v) is 11.6. The lowest BCUT2D eigenvalue weighted by atomic mass is 10.1. The molecule has 3 aromatic carbocycles. The van der Waals surface area contributed by atoms with Gasteiger partial charge in [-0.15, -0.1) is 0 Å². The maximum Gasteiger partial charge on any atom is 0.271 e. The number of thioether (sulfide) groups is 1. The van der Waals surface area contributed by atoms with Crippen molar-refractivity contribution in [3.8, 4) is 11.5 Å². The van der Waals surface area contributed by atoms with Crippen LogP contribution in [0.25, 0.3) is 6.08 Å². The predicted molar refractivity (Wildman–Crippen MR) is 133 cm³/mol. The molecule has 2 aliphatic heterocycles. The third-order valence-corrected chi connectivity index (χ3v) is 6.79. The van der Waals surface area contributed by atoms with Crippen molar-refractivity contribution in [2.24, 2.45) is 4.99 Å². The second kappa shape index (κ2) is 8.48. The number of rotatable bonds is 3. The van der Waals surface area contributed by atoms with Gasteiger partial charge in [-0.2, -0.15) is 0 Å². The normalized spacial score (nSPS) is 17.6. The molecule has 0 bridgehead atoms. The fraction of sp³-hybridized carbons (Fsp3) is 0.120. The number of carbonyl (C=O) groups excluding carboxylic acids is 1. The monoisotopic (exact) mass is 506 g/mol. The van der Waals surface area contributed by atoms with Crippen molar-refractivity contribution in [3.05, 3.63) is 86.7 Å². The van der Waals surface area contributed by atoms with E-state index in [4.69, 9.17) is 14.5 Å². The molecule has 5 nitrogen and oxygen atoms in total. The average molecular weight is 507 g/mol. The van der Waals surface area contributed by atoms with E-state index in [1.54, 1.807) is 4.90 Å². The van der Waals surface area contributed by atoms with E-state index in [1.165, 1.54) is 11.8 Å². The summed E-state index contributed by atoms with van der Waals surface area (Å²) in [7, 11) is 0. The van der Waals surface area contributed by atoms with Crippen molar-refractivity contribution in [2.45, 2.75) is 13.8 Å². The Morgan fingerprint density at radius 2 is 1.59 bits per heavy atom. The Bertz CT molecular complexity index is 1270. The quantitative estimate of drug-likeness (QED) is 0.375. The predicted octanol–water partition coefficient (Wildman–Crippen LogP) is 6.60. The first-order chi connectivity index (χ1) is 15.5. The summed E-state index contributed by atoms with van der Waals surface area (Å²) in [5.41, 5.74) is 4.71. The van der Waals surface area contributed by atoms with Gasteiger partial charge in [0.25, 0.3) is 5.91 Å². The number of aliphatic imine (C=N–C) groups is 1. The molecule has 5 rings (SSSR count). The van der Waals surface area contributed by atoms with E-state index in [0.29, 0.717) is 21.6 Å². The molecule has 1 fully saturated rings. The maximum absolute atomic E-state index is 13.5. The number of ether oxygens (including phenoxy) is 2. The van der Waals surface area contributed by atoms with Crippen molar-refractivity contribution in [1.29, 1.82) is 0 Å². The number of fused-ring (bicyclic) bond motifs is 1. The minimum Gasteiger partial charge on any atom is -0.454 e. The number of anilines is 1. The average Bonchev–Trinajstić information content (AvgIpc) is 3.35. The van der Waals surface area contributed by atoms with Crippen LogP contribution < -0.4 is 14.4 Å². The Morgan fingerprint density at radius 3 is 2.28 bits per heavy atom. The minimum absolute atomic E-state index is 0.116. The molecule has 1 saturated heterocycles. The molecular weight excluding hydrogens is 488 g/mol. The Balaban J connectivity index is 1.57. The molecular formula is C25H19BrN2O3S. The largest absolute Gasteiger partial charge is 0.454 e. The molecule has 2 heterocycles. The van der Waals surface area contributed by atoms with Gasteiger partial charge in [0.15, 0.2) is 16.7 Å². The van der Waals surface area contributed by atoms with Gasteiger partial charge in [-0.1, -0.05) is 51.3 Å². The molecule has 0 radical (unpaired) electrons. The Hall–Kier alpha value is -3.03. The van der Waals surface area contributed by atoms with Gasteiger partial charge < -0.3 is 9.47 Å². The van der Waals surface area contributed by atoms with Crippen LogP contribution in [0.1, 0.15) is 16.7 Å². The Labute approximate surface area is 198 Å². The van der Waals surface area contributed by atoms with Crippen LogP contribution in [0.4, 0.5) is 11.4 Å². The van der Waals surface area contributed by atoms with Gasteiger partial charge in [-0.05, 0) is 73.6 Å². The van der Waals surface area contributed by atoms with Crippen LogP contribution in [0, 0.1) is 13.8 Å². The minimum atomic E-state index is -0.116. The van der Waals surface area contributed by atoms with Crippen molar-refractivity contribution >= 4 is 56.2 Å². The number of amides is 1. The molecule has 160 valence electrons. The first kappa shape index (κ1) is 20.8. The van der Waals surface area contributed by atoms with Crippen molar-refractivity contribution in [1.82, 2.24) is 0 Å². The number of hydrogen-bond acceptors (Lipinski definition) is 5. The van der Waals surface area contributed by atoms with E-state index in [1.807, 2.05) is 80.6 Å². The molecule has 0 N–H and O–H groups in total. The lowest BCUT2D eigenvalue weighted by Gasteiger charge is -2.16. The molecule has 0 aliphatic carbocycles. The van der Waals surface area contributed by atoms with Crippen LogP contribution in [-0.4, -0.2) is 17.9 Å². The summed E-state index contributed by atoms with van der Waals surface area (Å²) in [5.74, 6) is 1.24. The van der Waals surface area contributed by atoms with Crippen LogP contribution in [0.5, 0.6) is 11.5 Å². The molecule has 7 heteroatoms.